The molecule has 0 bridgehead atoms. The van der Waals surface area contributed by atoms with Crippen molar-refractivity contribution in [2.45, 2.75) is 19.9 Å². The van der Waals surface area contributed by atoms with Gasteiger partial charge in [-0.2, -0.15) is 4.80 Å². The molecule has 202 valence electrons. The number of tetrazole rings is 1. The third-order valence-corrected chi connectivity index (χ3v) is 6.89. The Morgan fingerprint density at radius 1 is 1.12 bits per heavy atom. The standard InChI is InChI=1S/C26H23ClFN11O/c1-12-7-15(13(2)32-18-5-6-19(27)33-21(18)24-34-36-38(4)35-24)22-16(8-12)26(40)37(3)25-20(31-11-39(22)25)14-9-17(28)23(29)30-10-14/h5-11,13,32H,1-4H3,(H2,29,30). The summed E-state index contributed by atoms with van der Waals surface area (Å²) < 4.78 is 17.6. The maximum atomic E-state index is 14.3. The maximum Gasteiger partial charge on any atom is 0.261 e. The number of nitrogens with one attached hydrogen (secondary N) is 1. The summed E-state index contributed by atoms with van der Waals surface area (Å²) in [5.74, 6) is -0.561. The Morgan fingerprint density at radius 3 is 2.65 bits per heavy atom. The predicted molar refractivity (Wildman–Crippen MR) is 149 cm³/mol. The number of fused-ring (bicyclic) bond motifs is 3. The number of hydrogen-bond donors (Lipinski definition) is 2. The van der Waals surface area contributed by atoms with Crippen LogP contribution in [0.2, 0.25) is 5.15 Å². The molecule has 0 radical (unpaired) electrons. The van der Waals surface area contributed by atoms with E-state index in [0.29, 0.717) is 45.0 Å². The van der Waals surface area contributed by atoms with Gasteiger partial charge in [-0.1, -0.05) is 17.7 Å². The molecule has 0 spiro atoms. The van der Waals surface area contributed by atoms with E-state index in [1.165, 1.54) is 21.6 Å². The molecule has 0 amide bonds. The quantitative estimate of drug-likeness (QED) is 0.302. The lowest BCUT2D eigenvalue weighted by atomic mass is 10.0. The van der Waals surface area contributed by atoms with Crippen molar-refractivity contribution >= 4 is 39.7 Å². The second-order valence-corrected chi connectivity index (χ2v) is 9.88. The number of aromatic nitrogens is 9. The van der Waals surface area contributed by atoms with Gasteiger partial charge in [0, 0.05) is 18.8 Å². The van der Waals surface area contributed by atoms with Gasteiger partial charge in [0.05, 0.1) is 29.7 Å². The number of rotatable bonds is 5. The molecule has 40 heavy (non-hydrogen) atoms. The normalized spacial score (nSPS) is 12.3. The van der Waals surface area contributed by atoms with Gasteiger partial charge in [-0.05, 0) is 54.5 Å². The van der Waals surface area contributed by atoms with E-state index in [-0.39, 0.29) is 22.6 Å². The van der Waals surface area contributed by atoms with Crippen molar-refractivity contribution in [3.05, 3.63) is 75.3 Å². The van der Waals surface area contributed by atoms with Gasteiger partial charge in [0.15, 0.2) is 11.6 Å². The first-order chi connectivity index (χ1) is 19.1. The molecule has 0 aliphatic heterocycles. The number of halogens is 2. The Hall–Kier alpha value is -4.91. The summed E-state index contributed by atoms with van der Waals surface area (Å²) in [6.07, 6.45) is 3.05. The summed E-state index contributed by atoms with van der Waals surface area (Å²) in [4.78, 5) is 27.9. The molecule has 1 aromatic carbocycles. The minimum absolute atomic E-state index is 0.211. The number of nitrogens with two attached hydrogens (primary N) is 1. The summed E-state index contributed by atoms with van der Waals surface area (Å²) in [5, 5.41) is 16.5. The van der Waals surface area contributed by atoms with Crippen molar-refractivity contribution < 1.29 is 4.39 Å². The van der Waals surface area contributed by atoms with Gasteiger partial charge in [-0.3, -0.25) is 13.8 Å². The van der Waals surface area contributed by atoms with E-state index in [9.17, 15) is 9.18 Å². The molecule has 6 aromatic rings. The molecule has 3 N–H and O–H groups in total. The molecule has 6 rings (SSSR count). The molecular weight excluding hydrogens is 537 g/mol. The van der Waals surface area contributed by atoms with E-state index < -0.39 is 5.82 Å². The van der Waals surface area contributed by atoms with Crippen molar-refractivity contribution in [2.24, 2.45) is 14.1 Å². The van der Waals surface area contributed by atoms with E-state index in [4.69, 9.17) is 17.3 Å². The van der Waals surface area contributed by atoms with E-state index in [1.807, 2.05) is 30.4 Å². The van der Waals surface area contributed by atoms with Crippen LogP contribution in [-0.2, 0) is 14.1 Å². The highest BCUT2D eigenvalue weighted by molar-refractivity contribution is 6.29. The Morgan fingerprint density at radius 2 is 1.93 bits per heavy atom. The van der Waals surface area contributed by atoms with Gasteiger partial charge in [0.25, 0.3) is 5.56 Å². The first kappa shape index (κ1) is 25.4. The zero-order chi connectivity index (χ0) is 28.3. The fourth-order valence-electron chi connectivity index (χ4n) is 4.87. The number of nitrogen functional groups attached to an aromatic ring is 1. The van der Waals surface area contributed by atoms with Crippen LogP contribution in [0.25, 0.3) is 39.3 Å². The van der Waals surface area contributed by atoms with Crippen molar-refractivity contribution in [3.63, 3.8) is 0 Å². The molecule has 12 nitrogen and oxygen atoms in total. The van der Waals surface area contributed by atoms with E-state index >= 15 is 0 Å². The summed E-state index contributed by atoms with van der Waals surface area (Å²) in [6, 6.07) is 8.25. The number of benzene rings is 1. The molecule has 0 saturated heterocycles. The van der Waals surface area contributed by atoms with Gasteiger partial charge in [0.1, 0.15) is 28.5 Å². The molecule has 5 heterocycles. The highest BCUT2D eigenvalue weighted by Crippen LogP contribution is 2.33. The van der Waals surface area contributed by atoms with Gasteiger partial charge in [-0.15, -0.1) is 10.2 Å². The molecule has 0 fully saturated rings. The smallest absolute Gasteiger partial charge is 0.261 e. The maximum absolute atomic E-state index is 14.3. The van der Waals surface area contributed by atoms with Crippen molar-refractivity contribution in [2.75, 3.05) is 11.1 Å². The SMILES string of the molecule is Cc1cc(C(C)Nc2ccc(Cl)nc2-c2nnn(C)n2)c2c(c1)c(=O)n(C)c1c(-c3cnc(N)c(F)c3)ncn21. The van der Waals surface area contributed by atoms with Crippen LogP contribution < -0.4 is 16.6 Å². The average molecular weight is 560 g/mol. The Bertz CT molecular complexity index is 2010. The average Bonchev–Trinajstić information content (AvgIpc) is 3.56. The molecule has 0 aliphatic rings. The predicted octanol–water partition coefficient (Wildman–Crippen LogP) is 3.69. The fourth-order valence-corrected chi connectivity index (χ4v) is 5.01. The first-order valence-corrected chi connectivity index (χ1v) is 12.6. The largest absolute Gasteiger partial charge is 0.381 e. The Labute approximate surface area is 231 Å². The molecule has 0 saturated carbocycles. The van der Waals surface area contributed by atoms with Crippen LogP contribution in [0, 0.1) is 12.7 Å². The number of aryl methyl sites for hydroxylation is 3. The fraction of sp³-hybridized carbons (Fsp3) is 0.192. The summed E-state index contributed by atoms with van der Waals surface area (Å²) in [7, 11) is 3.32. The Kier molecular flexibility index (Phi) is 5.95. The number of hydrogen-bond acceptors (Lipinski definition) is 9. The van der Waals surface area contributed by atoms with E-state index in [2.05, 4.69) is 35.7 Å². The molecule has 14 heteroatoms. The highest BCUT2D eigenvalue weighted by atomic mass is 35.5. The second kappa shape index (κ2) is 9.38. The molecule has 5 aromatic heterocycles. The van der Waals surface area contributed by atoms with Crippen LogP contribution in [0.4, 0.5) is 15.9 Å². The third kappa shape index (κ3) is 4.11. The number of imidazole rings is 1. The summed E-state index contributed by atoms with van der Waals surface area (Å²) in [6.45, 7) is 3.90. The third-order valence-electron chi connectivity index (χ3n) is 6.68. The molecular formula is C26H23ClFN11O. The minimum Gasteiger partial charge on any atom is -0.381 e. The van der Waals surface area contributed by atoms with Crippen molar-refractivity contribution in [1.82, 2.24) is 44.1 Å². The van der Waals surface area contributed by atoms with Gasteiger partial charge >= 0.3 is 0 Å². The zero-order valence-electron chi connectivity index (χ0n) is 21.9. The van der Waals surface area contributed by atoms with Crippen molar-refractivity contribution in [3.8, 4) is 22.8 Å². The van der Waals surface area contributed by atoms with Gasteiger partial charge < -0.3 is 11.1 Å². The molecule has 1 atom stereocenters. The van der Waals surface area contributed by atoms with E-state index in [0.717, 1.165) is 11.1 Å². The van der Waals surface area contributed by atoms with Crippen LogP contribution in [-0.4, -0.2) is 44.1 Å². The summed E-state index contributed by atoms with van der Waals surface area (Å²) >= 11 is 6.19. The molecule has 0 aliphatic carbocycles. The lowest BCUT2D eigenvalue weighted by Gasteiger charge is -2.21. The zero-order valence-corrected chi connectivity index (χ0v) is 22.6. The van der Waals surface area contributed by atoms with Crippen LogP contribution in [0.15, 0.2) is 47.7 Å². The van der Waals surface area contributed by atoms with Crippen LogP contribution in [0.1, 0.15) is 24.1 Å². The van der Waals surface area contributed by atoms with Crippen LogP contribution >= 0.6 is 11.6 Å². The lowest BCUT2D eigenvalue weighted by molar-refractivity contribution is 0.628. The monoisotopic (exact) mass is 559 g/mol. The second-order valence-electron chi connectivity index (χ2n) is 9.49. The van der Waals surface area contributed by atoms with Crippen molar-refractivity contribution in [1.29, 1.82) is 0 Å². The summed E-state index contributed by atoms with van der Waals surface area (Å²) in [5.41, 5.74) is 10.1. The van der Waals surface area contributed by atoms with Gasteiger partial charge in [-0.25, -0.2) is 19.3 Å². The highest BCUT2D eigenvalue weighted by Gasteiger charge is 2.22. The van der Waals surface area contributed by atoms with Crippen LogP contribution in [0.3, 0.4) is 0 Å². The Balaban J connectivity index is 1.55. The topological polar surface area (TPSA) is 147 Å². The number of nitrogens with zero attached hydrogens (tertiary/aromatic N) is 9. The first-order valence-electron chi connectivity index (χ1n) is 12.2. The number of anilines is 2. The number of pyridine rings is 2. The lowest BCUT2D eigenvalue weighted by Crippen LogP contribution is -2.21. The minimum atomic E-state index is -0.663. The van der Waals surface area contributed by atoms with Crippen LogP contribution in [0.5, 0.6) is 0 Å². The molecule has 1 unspecified atom stereocenters. The van der Waals surface area contributed by atoms with Gasteiger partial charge in [0.2, 0.25) is 5.82 Å². The van der Waals surface area contributed by atoms with E-state index in [1.54, 1.807) is 32.6 Å².